The van der Waals surface area contributed by atoms with Gasteiger partial charge in [0.05, 0.1) is 17.8 Å². The molecule has 0 aliphatic rings. The molecule has 5 heteroatoms. The van der Waals surface area contributed by atoms with E-state index in [1.54, 1.807) is 0 Å². The fourth-order valence-electron chi connectivity index (χ4n) is 2.57. The second kappa shape index (κ2) is 4.52. The Bertz CT molecular complexity index is 799. The van der Waals surface area contributed by atoms with E-state index in [9.17, 15) is 4.79 Å². The van der Waals surface area contributed by atoms with Gasteiger partial charge in [-0.05, 0) is 13.0 Å². The number of carbonyl (C=O) groups is 1. The molecule has 0 saturated heterocycles. The summed E-state index contributed by atoms with van der Waals surface area (Å²) in [6.07, 6.45) is 1.94. The van der Waals surface area contributed by atoms with Gasteiger partial charge in [-0.2, -0.15) is 0 Å². The number of rotatable bonds is 3. The number of carboxylic acid groups (broad SMARTS) is 1. The molecule has 0 bridgehead atoms. The second-order valence-corrected chi connectivity index (χ2v) is 4.89. The van der Waals surface area contributed by atoms with Crippen LogP contribution in [0, 0.1) is 6.92 Å². The van der Waals surface area contributed by atoms with Crippen LogP contribution in [0.5, 0.6) is 0 Å². The summed E-state index contributed by atoms with van der Waals surface area (Å²) in [5.74, 6) is -0.140. The average Bonchev–Trinajstić information content (AvgIpc) is 2.90. The first-order chi connectivity index (χ1) is 9.56. The summed E-state index contributed by atoms with van der Waals surface area (Å²) in [6.45, 7) is 1.83. The molecule has 2 N–H and O–H groups in total. The highest BCUT2D eigenvalue weighted by atomic mass is 16.4. The van der Waals surface area contributed by atoms with Crippen LogP contribution in [0.2, 0.25) is 0 Å². The third-order valence-corrected chi connectivity index (χ3v) is 3.38. The first kappa shape index (κ1) is 12.5. The predicted octanol–water partition coefficient (Wildman–Crippen LogP) is 2.50. The minimum absolute atomic E-state index is 0.0562. The molecule has 0 fully saturated rings. The number of aromatic amines is 1. The lowest BCUT2D eigenvalue weighted by molar-refractivity contribution is -0.136. The SMILES string of the molecule is Cc1nc(-c2cn(C)c3ccccc23)c(CC(=O)O)[nH]1. The number of carboxylic acids is 1. The van der Waals surface area contributed by atoms with Crippen molar-refractivity contribution in [2.24, 2.45) is 7.05 Å². The van der Waals surface area contributed by atoms with E-state index < -0.39 is 5.97 Å². The van der Waals surface area contributed by atoms with E-state index in [0.29, 0.717) is 5.69 Å². The van der Waals surface area contributed by atoms with E-state index >= 15 is 0 Å². The van der Waals surface area contributed by atoms with E-state index in [1.165, 1.54) is 0 Å². The van der Waals surface area contributed by atoms with Gasteiger partial charge in [-0.25, -0.2) is 4.98 Å². The molecule has 102 valence electrons. The molecule has 2 aromatic heterocycles. The minimum Gasteiger partial charge on any atom is -0.481 e. The van der Waals surface area contributed by atoms with Crippen molar-refractivity contribution in [3.8, 4) is 11.3 Å². The fraction of sp³-hybridized carbons (Fsp3) is 0.200. The van der Waals surface area contributed by atoms with Gasteiger partial charge in [0, 0.05) is 29.7 Å². The number of aromatic nitrogens is 3. The number of hydrogen-bond acceptors (Lipinski definition) is 2. The molecular weight excluding hydrogens is 254 g/mol. The maximum absolute atomic E-state index is 11.0. The Balaban J connectivity index is 2.23. The van der Waals surface area contributed by atoms with Crippen LogP contribution in [0.25, 0.3) is 22.2 Å². The molecule has 20 heavy (non-hydrogen) atoms. The van der Waals surface area contributed by atoms with Crippen molar-refractivity contribution < 1.29 is 9.90 Å². The van der Waals surface area contributed by atoms with E-state index in [1.807, 2.05) is 49.0 Å². The van der Waals surface area contributed by atoms with Gasteiger partial charge in [-0.1, -0.05) is 18.2 Å². The molecule has 0 atom stereocenters. The van der Waals surface area contributed by atoms with Crippen LogP contribution in [-0.4, -0.2) is 25.6 Å². The number of imidazole rings is 1. The summed E-state index contributed by atoms with van der Waals surface area (Å²) in [5.41, 5.74) is 3.43. The number of benzene rings is 1. The van der Waals surface area contributed by atoms with Crippen LogP contribution in [0.1, 0.15) is 11.5 Å². The summed E-state index contributed by atoms with van der Waals surface area (Å²) >= 11 is 0. The highest BCUT2D eigenvalue weighted by Gasteiger charge is 2.17. The maximum Gasteiger partial charge on any atom is 0.309 e. The van der Waals surface area contributed by atoms with Crippen LogP contribution in [0.15, 0.2) is 30.5 Å². The summed E-state index contributed by atoms with van der Waals surface area (Å²) in [6, 6.07) is 8.02. The summed E-state index contributed by atoms with van der Waals surface area (Å²) in [5, 5.41) is 10.1. The number of aliphatic carboxylic acids is 1. The monoisotopic (exact) mass is 269 g/mol. The Hall–Kier alpha value is -2.56. The van der Waals surface area contributed by atoms with Crippen LogP contribution in [0.4, 0.5) is 0 Å². The van der Waals surface area contributed by atoms with Crippen molar-refractivity contribution in [2.75, 3.05) is 0 Å². The number of fused-ring (bicyclic) bond motifs is 1. The maximum atomic E-state index is 11.0. The minimum atomic E-state index is -0.866. The molecule has 0 spiro atoms. The van der Waals surface area contributed by atoms with Gasteiger partial charge in [0.2, 0.25) is 0 Å². The van der Waals surface area contributed by atoms with E-state index in [0.717, 1.165) is 28.0 Å². The molecule has 0 amide bonds. The Kier molecular flexibility index (Phi) is 2.82. The molecular formula is C15H15N3O2. The Morgan fingerprint density at radius 3 is 2.90 bits per heavy atom. The first-order valence-electron chi connectivity index (χ1n) is 6.38. The Morgan fingerprint density at radius 2 is 2.15 bits per heavy atom. The summed E-state index contributed by atoms with van der Waals surface area (Å²) < 4.78 is 2.03. The van der Waals surface area contributed by atoms with Gasteiger partial charge in [0.25, 0.3) is 0 Å². The van der Waals surface area contributed by atoms with Crippen LogP contribution in [0.3, 0.4) is 0 Å². The zero-order valence-electron chi connectivity index (χ0n) is 11.3. The number of nitrogens with one attached hydrogen (secondary N) is 1. The van der Waals surface area contributed by atoms with Crippen molar-refractivity contribution in [1.29, 1.82) is 0 Å². The number of H-pyrrole nitrogens is 1. The van der Waals surface area contributed by atoms with E-state index in [2.05, 4.69) is 9.97 Å². The van der Waals surface area contributed by atoms with Gasteiger partial charge in [-0.15, -0.1) is 0 Å². The Morgan fingerprint density at radius 1 is 1.40 bits per heavy atom. The third-order valence-electron chi connectivity index (χ3n) is 3.38. The lowest BCUT2D eigenvalue weighted by Gasteiger charge is -1.98. The van der Waals surface area contributed by atoms with Crippen LogP contribution in [-0.2, 0) is 18.3 Å². The molecule has 5 nitrogen and oxygen atoms in total. The number of hydrogen-bond donors (Lipinski definition) is 2. The summed E-state index contributed by atoms with van der Waals surface area (Å²) in [4.78, 5) is 18.5. The van der Waals surface area contributed by atoms with Gasteiger partial charge < -0.3 is 14.7 Å². The van der Waals surface area contributed by atoms with Gasteiger partial charge in [-0.3, -0.25) is 4.79 Å². The highest BCUT2D eigenvalue weighted by molar-refractivity contribution is 5.96. The molecule has 0 unspecified atom stereocenters. The lowest BCUT2D eigenvalue weighted by atomic mass is 10.1. The van der Waals surface area contributed by atoms with Crippen LogP contribution < -0.4 is 0 Å². The molecule has 3 aromatic rings. The standard InChI is InChI=1S/C15H15N3O2/c1-9-16-12(7-14(19)20)15(17-9)11-8-18(2)13-6-4-3-5-10(11)13/h3-6,8H,7H2,1-2H3,(H,16,17)(H,19,20). The van der Waals surface area contributed by atoms with Crippen molar-refractivity contribution in [3.05, 3.63) is 42.0 Å². The molecule has 0 aliphatic heterocycles. The third kappa shape index (κ3) is 1.97. The molecule has 0 radical (unpaired) electrons. The number of aryl methyl sites for hydroxylation is 2. The fourth-order valence-corrected chi connectivity index (χ4v) is 2.57. The smallest absolute Gasteiger partial charge is 0.309 e. The second-order valence-electron chi connectivity index (χ2n) is 4.89. The lowest BCUT2D eigenvalue weighted by Crippen LogP contribution is -2.01. The van der Waals surface area contributed by atoms with Crippen molar-refractivity contribution in [1.82, 2.24) is 14.5 Å². The predicted molar refractivity (Wildman–Crippen MR) is 76.6 cm³/mol. The highest BCUT2D eigenvalue weighted by Crippen LogP contribution is 2.31. The zero-order chi connectivity index (χ0) is 14.3. The first-order valence-corrected chi connectivity index (χ1v) is 6.38. The van der Waals surface area contributed by atoms with E-state index in [4.69, 9.17) is 5.11 Å². The molecule has 0 saturated carbocycles. The topological polar surface area (TPSA) is 70.9 Å². The summed E-state index contributed by atoms with van der Waals surface area (Å²) in [7, 11) is 1.97. The van der Waals surface area contributed by atoms with E-state index in [-0.39, 0.29) is 6.42 Å². The molecule has 0 aliphatic carbocycles. The number of nitrogens with zero attached hydrogens (tertiary/aromatic N) is 2. The zero-order valence-corrected chi connectivity index (χ0v) is 11.3. The van der Waals surface area contributed by atoms with Gasteiger partial charge in [0.1, 0.15) is 5.82 Å². The molecule has 2 heterocycles. The van der Waals surface area contributed by atoms with Gasteiger partial charge >= 0.3 is 5.97 Å². The number of para-hydroxylation sites is 1. The molecule has 1 aromatic carbocycles. The Labute approximate surface area is 115 Å². The van der Waals surface area contributed by atoms with Crippen molar-refractivity contribution in [3.63, 3.8) is 0 Å². The molecule has 3 rings (SSSR count). The largest absolute Gasteiger partial charge is 0.481 e. The van der Waals surface area contributed by atoms with Crippen molar-refractivity contribution in [2.45, 2.75) is 13.3 Å². The normalized spacial score (nSPS) is 11.1. The average molecular weight is 269 g/mol. The van der Waals surface area contributed by atoms with Crippen molar-refractivity contribution >= 4 is 16.9 Å². The van der Waals surface area contributed by atoms with Gasteiger partial charge in [0.15, 0.2) is 0 Å². The quantitative estimate of drug-likeness (QED) is 0.767. The van der Waals surface area contributed by atoms with Crippen LogP contribution >= 0.6 is 0 Å².